The molecule has 29 heavy (non-hydrogen) atoms. The molecule has 1 amide bonds. The van der Waals surface area contributed by atoms with Crippen molar-refractivity contribution in [1.82, 2.24) is 9.97 Å². The molecule has 0 aliphatic heterocycles. The van der Waals surface area contributed by atoms with E-state index in [2.05, 4.69) is 18.8 Å². The first kappa shape index (κ1) is 19.8. The lowest BCUT2D eigenvalue weighted by Gasteiger charge is -2.24. The van der Waals surface area contributed by atoms with Crippen molar-refractivity contribution in [1.29, 1.82) is 0 Å². The number of thiazole rings is 1. The Morgan fingerprint density at radius 1 is 1.07 bits per heavy atom. The van der Waals surface area contributed by atoms with E-state index in [0.717, 1.165) is 21.5 Å². The lowest BCUT2D eigenvalue weighted by molar-refractivity contribution is 0.0998. The highest BCUT2D eigenvalue weighted by atomic mass is 35.5. The number of rotatable bonds is 4. The second-order valence-electron chi connectivity index (χ2n) is 6.81. The zero-order chi connectivity index (χ0) is 20.5. The molecule has 0 fully saturated rings. The van der Waals surface area contributed by atoms with E-state index < -0.39 is 0 Å². The standard InChI is InChI=1S/C22H17Cl2N3OS/c1-13(2)15-7-3-5-9-18(15)27(21(28)14-11-16(23)20(24)25-12-14)22-26-17-8-4-6-10-19(17)29-22/h3-13H,1-2H3. The van der Waals surface area contributed by atoms with Crippen LogP contribution in [0.15, 0.2) is 60.8 Å². The van der Waals surface area contributed by atoms with E-state index in [1.54, 1.807) is 4.90 Å². The molecule has 0 unspecified atom stereocenters. The van der Waals surface area contributed by atoms with Crippen LogP contribution in [-0.4, -0.2) is 15.9 Å². The van der Waals surface area contributed by atoms with Gasteiger partial charge >= 0.3 is 0 Å². The van der Waals surface area contributed by atoms with Gasteiger partial charge in [0, 0.05) is 6.20 Å². The molecule has 4 rings (SSSR count). The summed E-state index contributed by atoms with van der Waals surface area (Å²) in [6.07, 6.45) is 1.44. The van der Waals surface area contributed by atoms with Crippen molar-refractivity contribution < 1.29 is 4.79 Å². The second-order valence-corrected chi connectivity index (χ2v) is 8.59. The van der Waals surface area contributed by atoms with Crippen molar-refractivity contribution in [3.63, 3.8) is 0 Å². The maximum atomic E-state index is 13.6. The van der Waals surface area contributed by atoms with Crippen LogP contribution in [0.25, 0.3) is 10.2 Å². The van der Waals surface area contributed by atoms with Crippen molar-refractivity contribution in [2.75, 3.05) is 4.90 Å². The maximum absolute atomic E-state index is 13.6. The third-order valence-corrected chi connectivity index (χ3v) is 6.23. The summed E-state index contributed by atoms with van der Waals surface area (Å²) in [6, 6.07) is 17.2. The molecule has 0 saturated carbocycles. The minimum atomic E-state index is -0.261. The lowest BCUT2D eigenvalue weighted by Crippen LogP contribution is -2.27. The van der Waals surface area contributed by atoms with Gasteiger partial charge in [0.15, 0.2) is 5.13 Å². The molecule has 146 valence electrons. The predicted molar refractivity (Wildman–Crippen MR) is 121 cm³/mol. The van der Waals surface area contributed by atoms with Gasteiger partial charge in [-0.15, -0.1) is 0 Å². The van der Waals surface area contributed by atoms with E-state index in [-0.39, 0.29) is 22.0 Å². The van der Waals surface area contributed by atoms with Crippen molar-refractivity contribution in [2.24, 2.45) is 0 Å². The average Bonchev–Trinajstić information content (AvgIpc) is 3.14. The van der Waals surface area contributed by atoms with E-state index in [9.17, 15) is 4.79 Å². The molecule has 0 atom stereocenters. The molecule has 2 aromatic carbocycles. The number of amides is 1. The number of halogens is 2. The van der Waals surface area contributed by atoms with Crippen LogP contribution in [0.3, 0.4) is 0 Å². The fourth-order valence-electron chi connectivity index (χ4n) is 3.10. The van der Waals surface area contributed by atoms with Crippen molar-refractivity contribution in [2.45, 2.75) is 19.8 Å². The number of hydrogen-bond acceptors (Lipinski definition) is 4. The van der Waals surface area contributed by atoms with Gasteiger partial charge in [0.25, 0.3) is 5.91 Å². The first-order valence-electron chi connectivity index (χ1n) is 9.05. The number of fused-ring (bicyclic) bond motifs is 1. The highest BCUT2D eigenvalue weighted by Crippen LogP contribution is 2.38. The van der Waals surface area contributed by atoms with Gasteiger partial charge in [0.1, 0.15) is 5.15 Å². The molecule has 2 heterocycles. The number of nitrogens with zero attached hydrogens (tertiary/aromatic N) is 3. The molecule has 4 aromatic rings. The SMILES string of the molecule is CC(C)c1ccccc1N(C(=O)c1cnc(Cl)c(Cl)c1)c1nc2ccccc2s1. The molecule has 0 aliphatic carbocycles. The first-order chi connectivity index (χ1) is 14.0. The minimum absolute atomic E-state index is 0.164. The Morgan fingerprint density at radius 2 is 1.79 bits per heavy atom. The number of aromatic nitrogens is 2. The zero-order valence-corrected chi connectivity index (χ0v) is 18.1. The molecule has 0 aliphatic rings. The topological polar surface area (TPSA) is 46.1 Å². The number of hydrogen-bond donors (Lipinski definition) is 0. The smallest absolute Gasteiger partial charge is 0.266 e. The van der Waals surface area contributed by atoms with Crippen molar-refractivity contribution in [3.05, 3.63) is 82.1 Å². The summed E-state index contributed by atoms with van der Waals surface area (Å²) >= 11 is 13.5. The Bertz CT molecular complexity index is 1170. The number of para-hydroxylation sites is 2. The molecule has 0 spiro atoms. The Labute approximate surface area is 182 Å². The van der Waals surface area contributed by atoms with E-state index in [1.165, 1.54) is 23.6 Å². The number of pyridine rings is 1. The highest BCUT2D eigenvalue weighted by molar-refractivity contribution is 7.22. The van der Waals surface area contributed by atoms with Gasteiger partial charge in [-0.2, -0.15) is 0 Å². The Hall–Kier alpha value is -2.47. The summed E-state index contributed by atoms with van der Waals surface area (Å²) in [5, 5.41) is 0.992. The Morgan fingerprint density at radius 3 is 2.52 bits per heavy atom. The number of carbonyl (C=O) groups is 1. The predicted octanol–water partition coefficient (Wildman–Crippen LogP) is 7.10. The van der Waals surface area contributed by atoms with Crippen molar-refractivity contribution >= 4 is 61.5 Å². The Kier molecular flexibility index (Phi) is 5.54. The number of anilines is 2. The molecule has 0 saturated heterocycles. The van der Waals surface area contributed by atoms with Gasteiger partial charge in [-0.05, 0) is 35.7 Å². The van der Waals surface area contributed by atoms with Crippen molar-refractivity contribution in [3.8, 4) is 0 Å². The van der Waals surface area contributed by atoms with Crippen LogP contribution in [0, 0.1) is 0 Å². The van der Waals surface area contributed by atoms with Crippen LogP contribution in [0.1, 0.15) is 35.7 Å². The molecule has 4 nitrogen and oxygen atoms in total. The lowest BCUT2D eigenvalue weighted by atomic mass is 10.0. The van der Waals surface area contributed by atoms with Crippen LogP contribution < -0.4 is 4.90 Å². The van der Waals surface area contributed by atoms with E-state index in [4.69, 9.17) is 28.2 Å². The molecule has 0 radical (unpaired) electrons. The third kappa shape index (κ3) is 3.86. The normalized spacial score (nSPS) is 11.2. The van der Waals surface area contributed by atoms with Gasteiger partial charge in [-0.25, -0.2) is 9.97 Å². The summed E-state index contributed by atoms with van der Waals surface area (Å²) in [4.78, 5) is 24.0. The first-order valence-corrected chi connectivity index (χ1v) is 10.6. The van der Waals surface area contributed by atoms with Gasteiger partial charge in [-0.3, -0.25) is 9.69 Å². The molecular formula is C22H17Cl2N3OS. The summed E-state index contributed by atoms with van der Waals surface area (Å²) < 4.78 is 1.01. The fraction of sp³-hybridized carbons (Fsp3) is 0.136. The molecule has 2 aromatic heterocycles. The maximum Gasteiger partial charge on any atom is 0.266 e. The highest BCUT2D eigenvalue weighted by Gasteiger charge is 2.26. The molecule has 0 bridgehead atoms. The summed E-state index contributed by atoms with van der Waals surface area (Å²) in [5.41, 5.74) is 3.03. The van der Waals surface area contributed by atoms with Crippen LogP contribution in [0.2, 0.25) is 10.2 Å². The van der Waals surface area contributed by atoms with Gasteiger partial charge < -0.3 is 0 Å². The van der Waals surface area contributed by atoms with Crippen LogP contribution in [-0.2, 0) is 0 Å². The summed E-state index contributed by atoms with van der Waals surface area (Å²) in [6.45, 7) is 4.20. The van der Waals surface area contributed by atoms with E-state index in [1.807, 2.05) is 48.5 Å². The quantitative estimate of drug-likeness (QED) is 0.317. The average molecular weight is 442 g/mol. The third-order valence-electron chi connectivity index (χ3n) is 4.52. The van der Waals surface area contributed by atoms with E-state index in [0.29, 0.717) is 10.7 Å². The fourth-order valence-corrected chi connectivity index (χ4v) is 4.35. The van der Waals surface area contributed by atoms with Gasteiger partial charge in [0.05, 0.1) is 26.5 Å². The zero-order valence-electron chi connectivity index (χ0n) is 15.8. The van der Waals surface area contributed by atoms with E-state index >= 15 is 0 Å². The summed E-state index contributed by atoms with van der Waals surface area (Å²) in [7, 11) is 0. The minimum Gasteiger partial charge on any atom is -0.268 e. The van der Waals surface area contributed by atoms with Gasteiger partial charge in [0.2, 0.25) is 0 Å². The van der Waals surface area contributed by atoms with Crippen LogP contribution in [0.5, 0.6) is 0 Å². The molecule has 7 heteroatoms. The largest absolute Gasteiger partial charge is 0.268 e. The second kappa shape index (κ2) is 8.11. The van der Waals surface area contributed by atoms with Crippen LogP contribution >= 0.6 is 34.5 Å². The summed E-state index contributed by atoms with van der Waals surface area (Å²) in [5.74, 6) is -0.0361. The number of carbonyl (C=O) groups excluding carboxylic acids is 1. The molecular weight excluding hydrogens is 425 g/mol. The Balaban J connectivity index is 1.91. The monoisotopic (exact) mass is 441 g/mol. The number of benzene rings is 2. The van der Waals surface area contributed by atoms with Gasteiger partial charge in [-0.1, -0.05) is 78.7 Å². The van der Waals surface area contributed by atoms with Crippen LogP contribution in [0.4, 0.5) is 10.8 Å². The molecule has 0 N–H and O–H groups in total.